The molecule has 0 amide bonds. The maximum absolute atomic E-state index is 12.8. The van der Waals surface area contributed by atoms with Crippen LogP contribution in [0.25, 0.3) is 0 Å². The van der Waals surface area contributed by atoms with Gasteiger partial charge in [0.15, 0.2) is 5.60 Å². The van der Waals surface area contributed by atoms with Crippen LogP contribution in [-0.2, 0) is 42.1 Å². The molecule has 2 atom stereocenters. The Kier molecular flexibility index (Phi) is 24.7. The minimum Gasteiger partial charge on any atom is -0.507 e. The third-order valence-electron chi connectivity index (χ3n) is 8.45. The smallest absolute Gasteiger partial charge is 0.416 e. The molecule has 4 aromatic rings. The molecular weight excluding hydrogens is 844 g/mol. The summed E-state index contributed by atoms with van der Waals surface area (Å²) in [5.41, 5.74) is -0.747. The summed E-state index contributed by atoms with van der Waals surface area (Å²) in [5, 5.41) is 59.9. The van der Waals surface area contributed by atoms with E-state index in [1.165, 1.54) is 26.2 Å². The fourth-order valence-electron chi connectivity index (χ4n) is 4.88. The first kappa shape index (κ1) is 56.0. The second kappa shape index (κ2) is 27.8. The molecule has 0 aliphatic rings. The number of aromatic carboxylic acids is 2. The van der Waals surface area contributed by atoms with Gasteiger partial charge in [-0.05, 0) is 92.1 Å². The Labute approximate surface area is 359 Å². The van der Waals surface area contributed by atoms with Crippen LogP contribution in [0.5, 0.6) is 11.5 Å². The summed E-state index contributed by atoms with van der Waals surface area (Å²) in [6.07, 6.45) is -2.54. The number of halogens is 4. The van der Waals surface area contributed by atoms with Crippen LogP contribution in [0.4, 0.5) is 17.6 Å². The van der Waals surface area contributed by atoms with E-state index in [-0.39, 0.29) is 42.6 Å². The van der Waals surface area contributed by atoms with E-state index in [1.54, 1.807) is 51.3 Å². The number of methoxy groups -OCH3 is 2. The van der Waals surface area contributed by atoms with Gasteiger partial charge in [-0.3, -0.25) is 14.4 Å². The highest BCUT2D eigenvalue weighted by atomic mass is 19.4. The molecule has 0 fully saturated rings. The van der Waals surface area contributed by atoms with Gasteiger partial charge in [0.05, 0.1) is 18.2 Å². The molecule has 0 saturated heterocycles. The van der Waals surface area contributed by atoms with Gasteiger partial charge in [0.2, 0.25) is 0 Å². The summed E-state index contributed by atoms with van der Waals surface area (Å²) in [6.45, 7) is 5.05. The normalized spacial score (nSPS) is 11.6. The molecular formula is C44H50F4O15. The van der Waals surface area contributed by atoms with Crippen molar-refractivity contribution in [2.45, 2.75) is 71.1 Å². The Balaban J connectivity index is 0.000000766. The number of benzene rings is 4. The molecule has 63 heavy (non-hydrogen) atoms. The predicted molar refractivity (Wildman–Crippen MR) is 218 cm³/mol. The van der Waals surface area contributed by atoms with E-state index < -0.39 is 64.5 Å². The van der Waals surface area contributed by atoms with E-state index in [1.807, 2.05) is 30.3 Å². The summed E-state index contributed by atoms with van der Waals surface area (Å²) in [5.74, 6) is -6.99. The van der Waals surface area contributed by atoms with Gasteiger partial charge in [0.1, 0.15) is 22.9 Å². The van der Waals surface area contributed by atoms with Crippen LogP contribution in [0.1, 0.15) is 88.9 Å². The Morgan fingerprint density at radius 3 is 1.67 bits per heavy atom. The number of aryl methyl sites for hydroxylation is 2. The van der Waals surface area contributed by atoms with Crippen molar-refractivity contribution in [3.63, 3.8) is 0 Å². The first-order valence-electron chi connectivity index (χ1n) is 18.5. The molecule has 0 saturated carbocycles. The number of aromatic hydroxyl groups is 1. The number of hydrogen-bond donors (Lipinski definition) is 7. The van der Waals surface area contributed by atoms with Crippen molar-refractivity contribution in [3.8, 4) is 11.5 Å². The molecule has 4 rings (SSSR count). The summed E-state index contributed by atoms with van der Waals surface area (Å²) in [4.78, 5) is 62.0. The van der Waals surface area contributed by atoms with Gasteiger partial charge in [-0.2, -0.15) is 13.2 Å². The van der Waals surface area contributed by atoms with Gasteiger partial charge in [0.25, 0.3) is 0 Å². The minimum atomic E-state index is -4.67. The zero-order valence-electron chi connectivity index (χ0n) is 34.9. The topological polar surface area (TPSA) is 262 Å². The molecule has 0 bridgehead atoms. The van der Waals surface area contributed by atoms with E-state index >= 15 is 0 Å². The molecule has 0 aromatic heterocycles. The van der Waals surface area contributed by atoms with Gasteiger partial charge < -0.3 is 45.2 Å². The largest absolute Gasteiger partial charge is 0.507 e. The van der Waals surface area contributed by atoms with Gasteiger partial charge in [-0.15, -0.1) is 0 Å². The van der Waals surface area contributed by atoms with Crippen molar-refractivity contribution in [1.82, 2.24) is 0 Å². The Hall–Kier alpha value is -7.02. The lowest BCUT2D eigenvalue weighted by atomic mass is 9.96. The third-order valence-corrected chi connectivity index (χ3v) is 8.45. The average molecular weight is 895 g/mol. The van der Waals surface area contributed by atoms with Gasteiger partial charge >= 0.3 is 42.0 Å². The van der Waals surface area contributed by atoms with Gasteiger partial charge in [-0.1, -0.05) is 61.5 Å². The fourth-order valence-corrected chi connectivity index (χ4v) is 4.88. The standard InChI is InChI=1S/C11H14O3.C10H12O3.C8H4F4O2.C8H8O3.C7H12O4/c1-14-10-7-3-2-5-9(10)6-4-8-11(12)13;1-10(13-2,9(11)12)8-6-4-3-5-7-8;9-6-3-4(8(10,11)12)1-2-5(6)7(13)14;1-5-2-3-6(8(10)11)7(9)4-5;1-5(4-7(10)11)2-3-6(8)9/h2-3,5,7H,4,6,8H2,1H3,(H,12,13);3-7H,1-2H3,(H,11,12);1-3H,(H,13,14);2-4,9H,1H3,(H,10,11);5H,2-4H2,1H3,(H,8,9)(H,10,11). The van der Waals surface area contributed by atoms with Crippen molar-refractivity contribution in [1.29, 1.82) is 0 Å². The van der Waals surface area contributed by atoms with Crippen LogP contribution in [-0.4, -0.2) is 85.8 Å². The zero-order valence-corrected chi connectivity index (χ0v) is 34.9. The Morgan fingerprint density at radius 1 is 0.683 bits per heavy atom. The number of carboxylic acid groups (broad SMARTS) is 6. The van der Waals surface area contributed by atoms with Crippen molar-refractivity contribution in [2.24, 2.45) is 5.92 Å². The highest BCUT2D eigenvalue weighted by Crippen LogP contribution is 2.30. The molecule has 0 aliphatic carbocycles. The minimum absolute atomic E-state index is 0.0489. The predicted octanol–water partition coefficient (Wildman–Crippen LogP) is 8.64. The lowest BCUT2D eigenvalue weighted by Gasteiger charge is -2.23. The molecule has 15 nitrogen and oxygen atoms in total. The third kappa shape index (κ3) is 21.9. The summed E-state index contributed by atoms with van der Waals surface area (Å²) in [6, 6.07) is 22.3. The average Bonchev–Trinajstić information content (AvgIpc) is 3.20. The van der Waals surface area contributed by atoms with Gasteiger partial charge in [-0.25, -0.2) is 18.8 Å². The number of rotatable bonds is 15. The first-order chi connectivity index (χ1) is 29.3. The van der Waals surface area contributed by atoms with E-state index in [0.717, 1.165) is 23.3 Å². The maximum atomic E-state index is 12.8. The number of phenols is 1. The van der Waals surface area contributed by atoms with Crippen LogP contribution in [0.2, 0.25) is 0 Å². The molecule has 4 aromatic carbocycles. The monoisotopic (exact) mass is 894 g/mol. The lowest BCUT2D eigenvalue weighted by molar-refractivity contribution is -0.161. The number of carboxylic acids is 6. The highest BCUT2D eigenvalue weighted by Gasteiger charge is 2.35. The molecule has 2 unspecified atom stereocenters. The van der Waals surface area contributed by atoms with Crippen LogP contribution in [0.3, 0.4) is 0 Å². The molecule has 0 heterocycles. The van der Waals surface area contributed by atoms with Crippen molar-refractivity contribution in [2.75, 3.05) is 14.2 Å². The highest BCUT2D eigenvalue weighted by molar-refractivity contribution is 5.90. The SMILES string of the molecule is CC(CCC(=O)O)CC(=O)O.COC(C)(C(=O)O)c1ccccc1.COc1ccccc1CCCC(=O)O.Cc1ccc(C(=O)O)c(O)c1.O=C(O)c1ccc(C(F)(F)F)cc1F. The summed E-state index contributed by atoms with van der Waals surface area (Å²) in [7, 11) is 3.01. The van der Waals surface area contributed by atoms with Crippen LogP contribution >= 0.6 is 0 Å². The molecule has 344 valence electrons. The van der Waals surface area contributed by atoms with Crippen LogP contribution < -0.4 is 4.74 Å². The molecule has 19 heteroatoms. The molecule has 7 N–H and O–H groups in total. The Bertz CT molecular complexity index is 2110. The van der Waals surface area contributed by atoms with E-state index in [4.69, 9.17) is 45.2 Å². The number of aliphatic carboxylic acids is 4. The van der Waals surface area contributed by atoms with Crippen LogP contribution in [0, 0.1) is 18.7 Å². The lowest BCUT2D eigenvalue weighted by Crippen LogP contribution is -2.34. The van der Waals surface area contributed by atoms with Crippen LogP contribution in [0.15, 0.2) is 91.0 Å². The summed E-state index contributed by atoms with van der Waals surface area (Å²) >= 11 is 0. The van der Waals surface area contributed by atoms with E-state index in [0.29, 0.717) is 30.5 Å². The quantitative estimate of drug-likeness (QED) is 0.0551. The number of alkyl halides is 3. The molecule has 0 aliphatic heterocycles. The van der Waals surface area contributed by atoms with Crippen molar-refractivity contribution < 1.29 is 91.5 Å². The zero-order chi connectivity index (χ0) is 48.5. The fraction of sp³-hybridized carbons (Fsp3) is 0.318. The Morgan fingerprint density at radius 2 is 1.22 bits per heavy atom. The number of carbonyl (C=O) groups is 6. The van der Waals surface area contributed by atoms with Crippen molar-refractivity contribution >= 4 is 35.8 Å². The molecule has 0 radical (unpaired) electrons. The van der Waals surface area contributed by atoms with E-state index in [2.05, 4.69) is 0 Å². The second-order valence-corrected chi connectivity index (χ2v) is 13.4. The van der Waals surface area contributed by atoms with Gasteiger partial charge in [0, 0.05) is 26.4 Å². The number of para-hydroxylation sites is 1. The number of ether oxygens (including phenoxy) is 2. The molecule has 0 spiro atoms. The maximum Gasteiger partial charge on any atom is 0.416 e. The summed E-state index contributed by atoms with van der Waals surface area (Å²) < 4.78 is 58.9. The van der Waals surface area contributed by atoms with Crippen molar-refractivity contribution in [3.05, 3.63) is 130 Å². The van der Waals surface area contributed by atoms with E-state index in [9.17, 15) is 46.3 Å². The first-order valence-corrected chi connectivity index (χ1v) is 18.5. The number of hydrogen-bond acceptors (Lipinski definition) is 9. The second-order valence-electron chi connectivity index (χ2n) is 13.4.